The van der Waals surface area contributed by atoms with Crippen molar-refractivity contribution in [1.29, 1.82) is 0 Å². The molecule has 0 fully saturated rings. The third-order valence-electron chi connectivity index (χ3n) is 3.55. The average Bonchev–Trinajstić information content (AvgIpc) is 2.55. The summed E-state index contributed by atoms with van der Waals surface area (Å²) in [4.78, 5) is 25.4. The van der Waals surface area contributed by atoms with Crippen LogP contribution in [0.25, 0.3) is 0 Å². The molecule has 6 heteroatoms. The molecule has 0 saturated heterocycles. The van der Waals surface area contributed by atoms with Crippen LogP contribution in [0.1, 0.15) is 5.56 Å². The zero-order valence-electron chi connectivity index (χ0n) is 13.7. The van der Waals surface area contributed by atoms with Crippen molar-refractivity contribution in [2.45, 2.75) is 12.5 Å². The molecule has 0 radical (unpaired) electrons. The van der Waals surface area contributed by atoms with Gasteiger partial charge in [-0.05, 0) is 29.8 Å². The van der Waals surface area contributed by atoms with Gasteiger partial charge < -0.3 is 20.6 Å². The highest BCUT2D eigenvalue weighted by Gasteiger charge is 2.21. The van der Waals surface area contributed by atoms with E-state index in [0.29, 0.717) is 5.69 Å². The maximum atomic E-state index is 12.4. The fourth-order valence-corrected chi connectivity index (χ4v) is 2.28. The van der Waals surface area contributed by atoms with E-state index in [9.17, 15) is 9.59 Å². The predicted molar refractivity (Wildman–Crippen MR) is 94.5 cm³/mol. The first-order chi connectivity index (χ1) is 11.5. The number of nitrogens with one attached hydrogen (secondary N) is 2. The van der Waals surface area contributed by atoms with Crippen LogP contribution >= 0.6 is 0 Å². The van der Waals surface area contributed by atoms with E-state index in [-0.39, 0.29) is 12.3 Å². The zero-order chi connectivity index (χ0) is 17.5. The Bertz CT molecular complexity index is 684. The van der Waals surface area contributed by atoms with Crippen LogP contribution in [-0.4, -0.2) is 37.2 Å². The standard InChI is InChI=1S/C18H21N3O3/c1-21(2)15-10-8-14(9-11-15)19-17(22)16(20-18(23)24)12-13-6-4-3-5-7-13/h3-11,16,20H,12H2,1-2H3,(H,19,22)(H,23,24)/t16-/m1/s1. The normalized spacial score (nSPS) is 11.4. The molecule has 0 aromatic heterocycles. The van der Waals surface area contributed by atoms with Gasteiger partial charge in [-0.25, -0.2) is 4.79 Å². The van der Waals surface area contributed by atoms with E-state index in [4.69, 9.17) is 5.11 Å². The maximum absolute atomic E-state index is 12.4. The van der Waals surface area contributed by atoms with Gasteiger partial charge >= 0.3 is 6.09 Å². The molecule has 0 heterocycles. The van der Waals surface area contributed by atoms with Gasteiger partial charge in [0.05, 0.1) is 0 Å². The highest BCUT2D eigenvalue weighted by Crippen LogP contribution is 2.16. The van der Waals surface area contributed by atoms with Gasteiger partial charge in [0, 0.05) is 31.9 Å². The fraction of sp³-hybridized carbons (Fsp3) is 0.222. The maximum Gasteiger partial charge on any atom is 0.405 e. The lowest BCUT2D eigenvalue weighted by atomic mass is 10.1. The SMILES string of the molecule is CN(C)c1ccc(NC(=O)[C@@H](Cc2ccccc2)NC(=O)O)cc1. The third kappa shape index (κ3) is 5.01. The van der Waals surface area contributed by atoms with Crippen LogP contribution < -0.4 is 15.5 Å². The number of nitrogens with zero attached hydrogens (tertiary/aromatic N) is 1. The van der Waals surface area contributed by atoms with E-state index >= 15 is 0 Å². The molecule has 0 aliphatic rings. The van der Waals surface area contributed by atoms with Gasteiger partial charge in [-0.3, -0.25) is 4.79 Å². The average molecular weight is 327 g/mol. The summed E-state index contributed by atoms with van der Waals surface area (Å²) in [5.74, 6) is -0.390. The summed E-state index contributed by atoms with van der Waals surface area (Å²) in [6.07, 6.45) is -0.941. The van der Waals surface area contributed by atoms with Crippen molar-refractivity contribution in [3.05, 3.63) is 60.2 Å². The van der Waals surface area contributed by atoms with E-state index in [2.05, 4.69) is 10.6 Å². The number of benzene rings is 2. The monoisotopic (exact) mass is 327 g/mol. The Morgan fingerprint density at radius 1 is 1.04 bits per heavy atom. The first kappa shape index (κ1) is 17.3. The van der Waals surface area contributed by atoms with Gasteiger partial charge in [0.2, 0.25) is 5.91 Å². The van der Waals surface area contributed by atoms with Gasteiger partial charge in [0.1, 0.15) is 6.04 Å². The van der Waals surface area contributed by atoms with Crippen LogP contribution in [0.4, 0.5) is 16.2 Å². The largest absolute Gasteiger partial charge is 0.465 e. The van der Waals surface area contributed by atoms with Crippen LogP contribution in [-0.2, 0) is 11.2 Å². The lowest BCUT2D eigenvalue weighted by Crippen LogP contribution is -2.44. The molecular weight excluding hydrogens is 306 g/mol. The summed E-state index contributed by atoms with van der Waals surface area (Å²) < 4.78 is 0. The quantitative estimate of drug-likeness (QED) is 0.761. The van der Waals surface area contributed by atoms with Gasteiger partial charge in [0.25, 0.3) is 0 Å². The Labute approximate surface area is 141 Å². The fourth-order valence-electron chi connectivity index (χ4n) is 2.28. The summed E-state index contributed by atoms with van der Waals surface area (Å²) in [5, 5.41) is 14.0. The second kappa shape index (κ2) is 8.01. The molecule has 2 amide bonds. The number of carboxylic acid groups (broad SMARTS) is 1. The lowest BCUT2D eigenvalue weighted by molar-refractivity contribution is -0.118. The molecule has 0 bridgehead atoms. The van der Waals surface area contributed by atoms with Crippen molar-refractivity contribution in [1.82, 2.24) is 5.32 Å². The molecule has 1 atom stereocenters. The van der Waals surface area contributed by atoms with Crippen LogP contribution in [0.2, 0.25) is 0 Å². The summed E-state index contributed by atoms with van der Waals surface area (Å²) >= 11 is 0. The van der Waals surface area contributed by atoms with Crippen molar-refractivity contribution in [2.75, 3.05) is 24.3 Å². The molecule has 2 rings (SSSR count). The van der Waals surface area contributed by atoms with E-state index in [1.165, 1.54) is 0 Å². The Morgan fingerprint density at radius 3 is 2.21 bits per heavy atom. The molecule has 126 valence electrons. The molecule has 0 aliphatic heterocycles. The smallest absolute Gasteiger partial charge is 0.405 e. The topological polar surface area (TPSA) is 81.7 Å². The molecule has 2 aromatic carbocycles. The molecule has 0 saturated carbocycles. The molecule has 24 heavy (non-hydrogen) atoms. The van der Waals surface area contributed by atoms with Gasteiger partial charge in [-0.1, -0.05) is 30.3 Å². The summed E-state index contributed by atoms with van der Waals surface area (Å²) in [7, 11) is 3.86. The second-order valence-corrected chi connectivity index (χ2v) is 5.62. The van der Waals surface area contributed by atoms with E-state index in [1.54, 1.807) is 12.1 Å². The Balaban J connectivity index is 2.08. The van der Waals surface area contributed by atoms with Crippen LogP contribution in [0, 0.1) is 0 Å². The molecule has 0 unspecified atom stereocenters. The second-order valence-electron chi connectivity index (χ2n) is 5.62. The third-order valence-corrected chi connectivity index (χ3v) is 3.55. The lowest BCUT2D eigenvalue weighted by Gasteiger charge is -2.18. The van der Waals surface area contributed by atoms with Crippen LogP contribution in [0.15, 0.2) is 54.6 Å². The van der Waals surface area contributed by atoms with Crippen molar-refractivity contribution in [2.24, 2.45) is 0 Å². The number of rotatable bonds is 6. The number of hydrogen-bond donors (Lipinski definition) is 3. The minimum absolute atomic E-state index is 0.286. The van der Waals surface area contributed by atoms with Gasteiger partial charge in [-0.15, -0.1) is 0 Å². The highest BCUT2D eigenvalue weighted by molar-refractivity contribution is 5.96. The van der Waals surface area contributed by atoms with Crippen molar-refractivity contribution in [3.63, 3.8) is 0 Å². The van der Waals surface area contributed by atoms with Crippen molar-refractivity contribution >= 4 is 23.4 Å². The Morgan fingerprint density at radius 2 is 1.67 bits per heavy atom. The first-order valence-corrected chi connectivity index (χ1v) is 7.57. The Kier molecular flexibility index (Phi) is 5.78. The molecule has 0 spiro atoms. The summed E-state index contributed by atoms with van der Waals surface area (Å²) in [5.41, 5.74) is 2.52. The Hall–Kier alpha value is -3.02. The molecule has 2 aromatic rings. The van der Waals surface area contributed by atoms with Crippen molar-refractivity contribution < 1.29 is 14.7 Å². The van der Waals surface area contributed by atoms with E-state index < -0.39 is 12.1 Å². The van der Waals surface area contributed by atoms with E-state index in [1.807, 2.05) is 61.5 Å². The number of amides is 2. The molecule has 6 nitrogen and oxygen atoms in total. The molecule has 3 N–H and O–H groups in total. The predicted octanol–water partition coefficient (Wildman–Crippen LogP) is 2.57. The number of hydrogen-bond acceptors (Lipinski definition) is 3. The van der Waals surface area contributed by atoms with Gasteiger partial charge in [0.15, 0.2) is 0 Å². The minimum atomic E-state index is -1.23. The number of anilines is 2. The molecule has 0 aliphatic carbocycles. The summed E-state index contributed by atoms with van der Waals surface area (Å²) in [6, 6.07) is 15.8. The minimum Gasteiger partial charge on any atom is -0.465 e. The zero-order valence-corrected chi connectivity index (χ0v) is 13.7. The highest BCUT2D eigenvalue weighted by atomic mass is 16.4. The number of carbonyl (C=O) groups excluding carboxylic acids is 1. The van der Waals surface area contributed by atoms with Crippen LogP contribution in [0.5, 0.6) is 0 Å². The van der Waals surface area contributed by atoms with Gasteiger partial charge in [-0.2, -0.15) is 0 Å². The summed E-state index contributed by atoms with van der Waals surface area (Å²) in [6.45, 7) is 0. The molecular formula is C18H21N3O3. The van der Waals surface area contributed by atoms with E-state index in [0.717, 1.165) is 11.3 Å². The number of carbonyl (C=O) groups is 2. The van der Waals surface area contributed by atoms with Crippen LogP contribution in [0.3, 0.4) is 0 Å². The first-order valence-electron chi connectivity index (χ1n) is 7.57. The van der Waals surface area contributed by atoms with Crippen molar-refractivity contribution in [3.8, 4) is 0 Å².